The number of morpholine rings is 1. The number of nitrogens with one attached hydrogen (secondary N) is 1. The average molecular weight is 348 g/mol. The fraction of sp³-hybridized carbons (Fsp3) is 0.650. The summed E-state index contributed by atoms with van der Waals surface area (Å²) in [5, 5.41) is 3.07. The summed E-state index contributed by atoms with van der Waals surface area (Å²) in [6.07, 6.45) is 2.60. The molecule has 1 unspecified atom stereocenters. The van der Waals surface area contributed by atoms with Crippen LogP contribution >= 0.6 is 0 Å². The van der Waals surface area contributed by atoms with Gasteiger partial charge in [-0.15, -0.1) is 0 Å². The van der Waals surface area contributed by atoms with Crippen LogP contribution < -0.4 is 5.32 Å². The van der Waals surface area contributed by atoms with Gasteiger partial charge in [0.25, 0.3) is 0 Å². The molecule has 1 saturated heterocycles. The van der Waals surface area contributed by atoms with Gasteiger partial charge < -0.3 is 10.1 Å². The van der Waals surface area contributed by atoms with Crippen LogP contribution in [0.25, 0.3) is 0 Å². The van der Waals surface area contributed by atoms with E-state index in [4.69, 9.17) is 4.74 Å². The minimum atomic E-state index is -0.561. The van der Waals surface area contributed by atoms with Crippen LogP contribution in [0.5, 0.6) is 0 Å². The number of amides is 1. The molecule has 1 aliphatic heterocycles. The maximum atomic E-state index is 13.6. The van der Waals surface area contributed by atoms with Gasteiger partial charge >= 0.3 is 0 Å². The first-order valence-electron chi connectivity index (χ1n) is 9.38. The molecule has 1 saturated carbocycles. The van der Waals surface area contributed by atoms with Crippen LogP contribution in [-0.2, 0) is 14.9 Å². The van der Waals surface area contributed by atoms with Crippen LogP contribution in [0.1, 0.15) is 38.7 Å². The Hall–Kier alpha value is -1.46. The molecule has 3 rings (SSSR count). The quantitative estimate of drug-likeness (QED) is 0.859. The summed E-state index contributed by atoms with van der Waals surface area (Å²) in [5.74, 6) is 0.352. The first kappa shape index (κ1) is 18.3. The standard InChI is InChI=1S/C20H29FN2O2/c1-15(2)13-23-9-10-25-18(14-23)12-22-19(24)20(7-4-8-20)16-5-3-6-17(21)11-16/h3,5-6,11,15,18H,4,7-10,12-14H2,1-2H3,(H,22,24). The van der Waals surface area contributed by atoms with Crippen molar-refractivity contribution in [2.24, 2.45) is 5.92 Å². The third-order valence-electron chi connectivity index (χ3n) is 5.36. The van der Waals surface area contributed by atoms with Crippen LogP contribution in [0.3, 0.4) is 0 Å². The summed E-state index contributed by atoms with van der Waals surface area (Å²) < 4.78 is 19.4. The first-order chi connectivity index (χ1) is 12.0. The molecule has 4 nitrogen and oxygen atoms in total. The van der Waals surface area contributed by atoms with Crippen LogP contribution in [0.4, 0.5) is 4.39 Å². The normalized spacial score (nSPS) is 23.3. The molecule has 1 amide bonds. The molecule has 1 atom stereocenters. The Kier molecular flexibility index (Phi) is 5.74. The fourth-order valence-electron chi connectivity index (χ4n) is 3.93. The molecule has 0 bridgehead atoms. The van der Waals surface area contributed by atoms with E-state index in [9.17, 15) is 9.18 Å². The summed E-state index contributed by atoms with van der Waals surface area (Å²) in [6.45, 7) is 8.52. The van der Waals surface area contributed by atoms with Crippen molar-refractivity contribution >= 4 is 5.91 Å². The van der Waals surface area contributed by atoms with E-state index in [-0.39, 0.29) is 17.8 Å². The molecule has 0 aromatic heterocycles. The average Bonchev–Trinajstić information content (AvgIpc) is 2.52. The van der Waals surface area contributed by atoms with Gasteiger partial charge in [0.2, 0.25) is 5.91 Å². The van der Waals surface area contributed by atoms with E-state index in [0.717, 1.165) is 44.5 Å². The molecule has 2 fully saturated rings. The molecule has 5 heteroatoms. The van der Waals surface area contributed by atoms with Crippen molar-refractivity contribution in [2.45, 2.75) is 44.6 Å². The lowest BCUT2D eigenvalue weighted by atomic mass is 9.64. The monoisotopic (exact) mass is 348 g/mol. The van der Waals surface area contributed by atoms with Crippen molar-refractivity contribution in [2.75, 3.05) is 32.8 Å². The van der Waals surface area contributed by atoms with Gasteiger partial charge in [0, 0.05) is 26.2 Å². The lowest BCUT2D eigenvalue weighted by Crippen LogP contribution is -2.53. The van der Waals surface area contributed by atoms with Crippen LogP contribution in [0.2, 0.25) is 0 Å². The van der Waals surface area contributed by atoms with Gasteiger partial charge in [0.05, 0.1) is 18.1 Å². The van der Waals surface area contributed by atoms with E-state index in [1.807, 2.05) is 6.07 Å². The zero-order chi connectivity index (χ0) is 17.9. The van der Waals surface area contributed by atoms with Gasteiger partial charge in [0.15, 0.2) is 0 Å². The molecule has 1 N–H and O–H groups in total. The molecule has 0 spiro atoms. The third kappa shape index (κ3) is 4.21. The smallest absolute Gasteiger partial charge is 0.230 e. The van der Waals surface area contributed by atoms with Gasteiger partial charge in [-0.1, -0.05) is 32.4 Å². The maximum absolute atomic E-state index is 13.6. The Morgan fingerprint density at radius 1 is 1.44 bits per heavy atom. The minimum absolute atomic E-state index is 0.00827. The predicted octanol–water partition coefficient (Wildman–Crippen LogP) is 2.72. The van der Waals surface area contributed by atoms with Gasteiger partial charge in [-0.2, -0.15) is 0 Å². The van der Waals surface area contributed by atoms with E-state index in [2.05, 4.69) is 24.1 Å². The van der Waals surface area contributed by atoms with Crippen molar-refractivity contribution in [3.63, 3.8) is 0 Å². The Labute approximate surface area is 149 Å². The van der Waals surface area contributed by atoms with E-state index in [1.54, 1.807) is 6.07 Å². The molecule has 2 aliphatic rings. The van der Waals surface area contributed by atoms with E-state index in [0.29, 0.717) is 19.1 Å². The summed E-state index contributed by atoms with van der Waals surface area (Å²) >= 11 is 0. The van der Waals surface area contributed by atoms with E-state index >= 15 is 0 Å². The number of carbonyl (C=O) groups excluding carboxylic acids is 1. The second kappa shape index (κ2) is 7.83. The van der Waals surface area contributed by atoms with Gasteiger partial charge in [-0.05, 0) is 36.5 Å². The maximum Gasteiger partial charge on any atom is 0.230 e. The second-order valence-corrected chi connectivity index (χ2v) is 7.80. The molecule has 1 aromatic rings. The summed E-state index contributed by atoms with van der Waals surface area (Å²) in [4.78, 5) is 15.3. The number of hydrogen-bond donors (Lipinski definition) is 1. The van der Waals surface area contributed by atoms with Crippen LogP contribution in [0.15, 0.2) is 24.3 Å². The molecule has 25 heavy (non-hydrogen) atoms. The predicted molar refractivity (Wildman–Crippen MR) is 96.0 cm³/mol. The van der Waals surface area contributed by atoms with Crippen molar-refractivity contribution in [1.29, 1.82) is 0 Å². The largest absolute Gasteiger partial charge is 0.374 e. The molecule has 0 radical (unpaired) electrons. The van der Waals surface area contributed by atoms with Crippen LogP contribution in [0, 0.1) is 11.7 Å². The zero-order valence-corrected chi connectivity index (χ0v) is 15.3. The van der Waals surface area contributed by atoms with Crippen LogP contribution in [-0.4, -0.2) is 49.7 Å². The molecule has 138 valence electrons. The number of nitrogens with zero attached hydrogens (tertiary/aromatic N) is 1. The van der Waals surface area contributed by atoms with Crippen molar-refractivity contribution < 1.29 is 13.9 Å². The highest BCUT2D eigenvalue weighted by atomic mass is 19.1. The fourth-order valence-corrected chi connectivity index (χ4v) is 3.93. The number of ether oxygens (including phenoxy) is 1. The summed E-state index contributed by atoms with van der Waals surface area (Å²) in [7, 11) is 0. The third-order valence-corrected chi connectivity index (χ3v) is 5.36. The molecule has 1 aromatic carbocycles. The number of halogens is 1. The van der Waals surface area contributed by atoms with E-state index < -0.39 is 5.41 Å². The van der Waals surface area contributed by atoms with Gasteiger partial charge in [-0.25, -0.2) is 4.39 Å². The van der Waals surface area contributed by atoms with Gasteiger partial charge in [-0.3, -0.25) is 9.69 Å². The SMILES string of the molecule is CC(C)CN1CCOC(CNC(=O)C2(c3cccc(F)c3)CCC2)C1. The molecular weight excluding hydrogens is 319 g/mol. The van der Waals surface area contributed by atoms with Crippen molar-refractivity contribution in [3.8, 4) is 0 Å². The number of carbonyl (C=O) groups is 1. The Morgan fingerprint density at radius 2 is 2.24 bits per heavy atom. The highest BCUT2D eigenvalue weighted by Crippen LogP contribution is 2.44. The summed E-state index contributed by atoms with van der Waals surface area (Å²) in [6, 6.07) is 6.47. The number of benzene rings is 1. The Balaban J connectivity index is 1.58. The second-order valence-electron chi connectivity index (χ2n) is 7.80. The number of hydrogen-bond acceptors (Lipinski definition) is 3. The Bertz CT molecular complexity index is 601. The molecule has 1 heterocycles. The zero-order valence-electron chi connectivity index (χ0n) is 15.3. The highest BCUT2D eigenvalue weighted by Gasteiger charge is 2.45. The number of rotatable bonds is 6. The minimum Gasteiger partial charge on any atom is -0.374 e. The molecule has 1 aliphatic carbocycles. The summed E-state index contributed by atoms with van der Waals surface area (Å²) in [5.41, 5.74) is 0.233. The molecular formula is C20H29FN2O2. The lowest BCUT2D eigenvalue weighted by Gasteiger charge is -2.41. The highest BCUT2D eigenvalue weighted by molar-refractivity contribution is 5.89. The Morgan fingerprint density at radius 3 is 2.88 bits per heavy atom. The van der Waals surface area contributed by atoms with Crippen molar-refractivity contribution in [3.05, 3.63) is 35.6 Å². The first-order valence-corrected chi connectivity index (χ1v) is 9.38. The van der Waals surface area contributed by atoms with E-state index in [1.165, 1.54) is 12.1 Å². The van der Waals surface area contributed by atoms with Crippen molar-refractivity contribution in [1.82, 2.24) is 10.2 Å². The van der Waals surface area contributed by atoms with Gasteiger partial charge in [0.1, 0.15) is 5.82 Å². The topological polar surface area (TPSA) is 41.6 Å². The lowest BCUT2D eigenvalue weighted by molar-refractivity contribution is -0.131.